The van der Waals surface area contributed by atoms with Crippen LogP contribution in [0.1, 0.15) is 44.4 Å². The second kappa shape index (κ2) is 10.3. The van der Waals surface area contributed by atoms with E-state index in [0.29, 0.717) is 17.6 Å². The molecule has 1 spiro atoms. The van der Waals surface area contributed by atoms with Crippen molar-refractivity contribution in [1.29, 1.82) is 0 Å². The molecule has 3 aromatic rings. The molecule has 0 amide bonds. The van der Waals surface area contributed by atoms with E-state index < -0.39 is 17.6 Å². The van der Waals surface area contributed by atoms with Gasteiger partial charge in [0.25, 0.3) is 5.92 Å². The summed E-state index contributed by atoms with van der Waals surface area (Å²) in [5.41, 5.74) is 4.52. The Bertz CT molecular complexity index is 1210. The Labute approximate surface area is 216 Å². The van der Waals surface area contributed by atoms with E-state index in [2.05, 4.69) is 21.3 Å². The van der Waals surface area contributed by atoms with Crippen molar-refractivity contribution in [3.8, 4) is 0 Å². The average Bonchev–Trinajstić information content (AvgIpc) is 3.40. The first-order valence-corrected chi connectivity index (χ1v) is 13.2. The number of hydrogen-bond acceptors (Lipinski definition) is 3. The van der Waals surface area contributed by atoms with Gasteiger partial charge in [-0.2, -0.15) is 0 Å². The zero-order valence-corrected chi connectivity index (χ0v) is 21.6. The maximum absolute atomic E-state index is 13.2. The molecule has 2 N–H and O–H groups in total. The maximum atomic E-state index is 13.2. The molecular formula is C29H36F4N4. The van der Waals surface area contributed by atoms with Crippen LogP contribution in [0, 0.1) is 17.0 Å². The molecule has 37 heavy (non-hydrogen) atoms. The van der Waals surface area contributed by atoms with Gasteiger partial charge in [-0.05, 0) is 74.9 Å². The molecular weight excluding hydrogens is 480 g/mol. The standard InChI is InChI=1S/C15H18F2N2.C14H18F2N2/c1-10-7-12-11-5-3-4-6-13(11)18-14(12)8-19(10)9-15(2,16)17;15-11-7-12(16)9-13(8-11)18-6-3-14(10-18)1-4-17-5-2-14/h3-6,10,18H,7-9H2,1-2H3;7-9,17H,1-6,10H2. The molecule has 0 saturated carbocycles. The van der Waals surface area contributed by atoms with Crippen LogP contribution in [0.25, 0.3) is 10.9 Å². The van der Waals surface area contributed by atoms with Gasteiger partial charge in [0.05, 0.1) is 6.54 Å². The van der Waals surface area contributed by atoms with Gasteiger partial charge in [-0.3, -0.25) is 4.90 Å². The van der Waals surface area contributed by atoms with Gasteiger partial charge < -0.3 is 15.2 Å². The molecule has 1 atom stereocenters. The predicted octanol–water partition coefficient (Wildman–Crippen LogP) is 6.11. The molecule has 3 aliphatic rings. The minimum Gasteiger partial charge on any atom is -0.371 e. The monoisotopic (exact) mass is 516 g/mol. The number of aromatic amines is 1. The first-order chi connectivity index (χ1) is 17.6. The minimum atomic E-state index is -2.64. The quantitative estimate of drug-likeness (QED) is 0.412. The predicted molar refractivity (Wildman–Crippen MR) is 140 cm³/mol. The summed E-state index contributed by atoms with van der Waals surface area (Å²) in [5, 5.41) is 4.60. The van der Waals surface area contributed by atoms with Gasteiger partial charge in [0.15, 0.2) is 0 Å². The van der Waals surface area contributed by atoms with E-state index >= 15 is 0 Å². The normalized spacial score (nSPS) is 21.7. The second-order valence-corrected chi connectivity index (χ2v) is 11.2. The van der Waals surface area contributed by atoms with Crippen LogP contribution in [0.2, 0.25) is 0 Å². The summed E-state index contributed by atoms with van der Waals surface area (Å²) in [4.78, 5) is 7.35. The van der Waals surface area contributed by atoms with Gasteiger partial charge >= 0.3 is 0 Å². The van der Waals surface area contributed by atoms with Gasteiger partial charge in [0, 0.05) is 61.0 Å². The minimum absolute atomic E-state index is 0.150. The van der Waals surface area contributed by atoms with Crippen LogP contribution in [0.5, 0.6) is 0 Å². The summed E-state index contributed by atoms with van der Waals surface area (Å²) in [5.74, 6) is -3.62. The number of nitrogens with zero attached hydrogens (tertiary/aromatic N) is 2. The van der Waals surface area contributed by atoms with Gasteiger partial charge in [-0.15, -0.1) is 0 Å². The van der Waals surface area contributed by atoms with E-state index in [-0.39, 0.29) is 12.6 Å². The largest absolute Gasteiger partial charge is 0.371 e. The number of anilines is 1. The van der Waals surface area contributed by atoms with Gasteiger partial charge in [-0.1, -0.05) is 18.2 Å². The van der Waals surface area contributed by atoms with Crippen molar-refractivity contribution in [3.63, 3.8) is 0 Å². The molecule has 3 aliphatic heterocycles. The van der Waals surface area contributed by atoms with Gasteiger partial charge in [0.2, 0.25) is 0 Å². The molecule has 8 heteroatoms. The van der Waals surface area contributed by atoms with Crippen LogP contribution < -0.4 is 10.2 Å². The summed E-state index contributed by atoms with van der Waals surface area (Å²) in [7, 11) is 0. The Morgan fingerprint density at radius 3 is 2.43 bits per heavy atom. The number of H-pyrrole nitrogens is 1. The molecule has 1 unspecified atom stereocenters. The van der Waals surface area contributed by atoms with Crippen LogP contribution >= 0.6 is 0 Å². The number of aromatic nitrogens is 1. The van der Waals surface area contributed by atoms with Crippen LogP contribution in [0.4, 0.5) is 23.2 Å². The third-order valence-electron chi connectivity index (χ3n) is 8.18. The SMILES string of the molecule is CC1Cc2c([nH]c3ccccc23)CN1CC(C)(F)F.Fc1cc(F)cc(N2CCC3(CCNCC3)C2)c1. The number of benzene rings is 2. The Balaban J connectivity index is 0.000000152. The summed E-state index contributed by atoms with van der Waals surface area (Å²) in [6.45, 7) is 7.37. The van der Waals surface area contributed by atoms with Crippen LogP contribution in [-0.2, 0) is 13.0 Å². The smallest absolute Gasteiger partial charge is 0.257 e. The topological polar surface area (TPSA) is 34.3 Å². The van der Waals surface area contributed by atoms with Crippen LogP contribution in [0.15, 0.2) is 42.5 Å². The summed E-state index contributed by atoms with van der Waals surface area (Å²) in [6, 6.07) is 12.1. The zero-order valence-electron chi connectivity index (χ0n) is 21.6. The summed E-state index contributed by atoms with van der Waals surface area (Å²) >= 11 is 0. The first kappa shape index (κ1) is 26.0. The molecule has 2 fully saturated rings. The lowest BCUT2D eigenvalue weighted by atomic mass is 9.78. The van der Waals surface area contributed by atoms with Crippen molar-refractivity contribution in [2.45, 2.75) is 58.0 Å². The molecule has 2 saturated heterocycles. The Morgan fingerprint density at radius 2 is 1.73 bits per heavy atom. The summed E-state index contributed by atoms with van der Waals surface area (Å²) in [6.07, 6.45) is 4.30. The highest BCUT2D eigenvalue weighted by molar-refractivity contribution is 5.84. The fraction of sp³-hybridized carbons (Fsp3) is 0.517. The third kappa shape index (κ3) is 5.96. The molecule has 0 radical (unpaired) electrons. The lowest BCUT2D eigenvalue weighted by molar-refractivity contribution is -0.0293. The Hall–Kier alpha value is -2.58. The fourth-order valence-electron chi connectivity index (χ4n) is 6.22. The highest BCUT2D eigenvalue weighted by Gasteiger charge is 2.39. The number of fused-ring (bicyclic) bond motifs is 3. The van der Waals surface area contributed by atoms with Gasteiger partial charge in [0.1, 0.15) is 11.6 Å². The van der Waals surface area contributed by atoms with E-state index in [1.807, 2.05) is 30.0 Å². The number of rotatable bonds is 3. The molecule has 0 bridgehead atoms. The van der Waals surface area contributed by atoms with Crippen molar-refractivity contribution in [3.05, 3.63) is 65.4 Å². The van der Waals surface area contributed by atoms with Crippen molar-refractivity contribution < 1.29 is 17.6 Å². The van der Waals surface area contributed by atoms with Crippen molar-refractivity contribution >= 4 is 16.6 Å². The number of alkyl halides is 2. The lowest BCUT2D eigenvalue weighted by Gasteiger charge is -2.34. The van der Waals surface area contributed by atoms with E-state index in [9.17, 15) is 17.6 Å². The average molecular weight is 517 g/mol. The molecule has 1 aromatic heterocycles. The second-order valence-electron chi connectivity index (χ2n) is 11.2. The van der Waals surface area contributed by atoms with Crippen LogP contribution in [0.3, 0.4) is 0 Å². The molecule has 0 aliphatic carbocycles. The van der Waals surface area contributed by atoms with Crippen molar-refractivity contribution in [2.24, 2.45) is 5.41 Å². The maximum Gasteiger partial charge on any atom is 0.257 e. The Morgan fingerprint density at radius 1 is 1.03 bits per heavy atom. The van der Waals surface area contributed by atoms with E-state index in [0.717, 1.165) is 63.2 Å². The van der Waals surface area contributed by atoms with E-state index in [4.69, 9.17) is 0 Å². The third-order valence-corrected chi connectivity index (χ3v) is 8.18. The highest BCUT2D eigenvalue weighted by Crippen LogP contribution is 2.40. The highest BCUT2D eigenvalue weighted by atomic mass is 19.3. The molecule has 6 rings (SSSR count). The number of piperidine rings is 1. The number of halogens is 4. The molecule has 200 valence electrons. The Kier molecular flexibility index (Phi) is 7.24. The number of para-hydroxylation sites is 1. The summed E-state index contributed by atoms with van der Waals surface area (Å²) < 4.78 is 52.9. The van der Waals surface area contributed by atoms with Crippen molar-refractivity contribution in [1.82, 2.24) is 15.2 Å². The lowest BCUT2D eigenvalue weighted by Crippen LogP contribution is -2.44. The van der Waals surface area contributed by atoms with E-state index in [1.54, 1.807) is 0 Å². The first-order valence-electron chi connectivity index (χ1n) is 13.2. The van der Waals surface area contributed by atoms with Gasteiger partial charge in [-0.25, -0.2) is 17.6 Å². The van der Waals surface area contributed by atoms with Crippen molar-refractivity contribution in [2.75, 3.05) is 37.6 Å². The van der Waals surface area contributed by atoms with Crippen LogP contribution in [-0.4, -0.2) is 54.6 Å². The molecule has 2 aromatic carbocycles. The zero-order chi connectivity index (χ0) is 26.2. The number of hydrogen-bond donors (Lipinski definition) is 2. The molecule has 4 nitrogen and oxygen atoms in total. The number of nitrogens with one attached hydrogen (secondary N) is 2. The van der Waals surface area contributed by atoms with E-state index in [1.165, 1.54) is 35.9 Å². The molecule has 4 heterocycles. The fourth-order valence-corrected chi connectivity index (χ4v) is 6.22.